The van der Waals surface area contributed by atoms with Crippen LogP contribution in [0.3, 0.4) is 0 Å². The average molecular weight is 117 g/mol. The van der Waals surface area contributed by atoms with Crippen LogP contribution in [0, 0.1) is 0 Å². The minimum absolute atomic E-state index is 1.11. The molecule has 0 nitrogen and oxygen atoms in total. The first kappa shape index (κ1) is 15.2. The molecule has 0 rings (SSSR count). The fraction of sp³-hybridized carbons (Fsp3) is 0. The van der Waals surface area contributed by atoms with Gasteiger partial charge in [0.1, 0.15) is 0 Å². The Labute approximate surface area is 106 Å². The van der Waals surface area contributed by atoms with Crippen molar-refractivity contribution < 1.29 is 0 Å². The zero-order valence-corrected chi connectivity index (χ0v) is 9.19. The Morgan fingerprint density at radius 2 is 0.615 bits per heavy atom. The molecule has 0 saturated heterocycles. The van der Waals surface area contributed by atoms with Gasteiger partial charge in [-0.15, -0.1) is 0 Å². The maximum absolute atomic E-state index is 3.85. The summed E-state index contributed by atoms with van der Waals surface area (Å²) in [5.41, 5.74) is 0. The van der Waals surface area contributed by atoms with E-state index >= 15 is 0 Å². The molecule has 0 aromatic heterocycles. The Balaban J connectivity index is 2.76. The van der Waals surface area contributed by atoms with Gasteiger partial charge in [0.15, 0.2) is 0 Å². The van der Waals surface area contributed by atoms with Gasteiger partial charge in [0.25, 0.3) is 0 Å². The fourth-order valence-corrected chi connectivity index (χ4v) is 1.59. The van der Waals surface area contributed by atoms with Crippen LogP contribution < -0.4 is 0 Å². The van der Waals surface area contributed by atoms with Gasteiger partial charge in [0.2, 0.25) is 0 Å². The van der Waals surface area contributed by atoms with Gasteiger partial charge in [0.05, 0.1) is 0 Å². The van der Waals surface area contributed by atoms with Gasteiger partial charge in [-0.3, -0.25) is 0 Å². The standard InChI is InChI=1S/13Be. The first-order valence-corrected chi connectivity index (χ1v) is 6.00. The van der Waals surface area contributed by atoms with Crippen molar-refractivity contribution in [3.8, 4) is 0 Å². The molecule has 0 spiro atoms. The number of rotatable bonds is 10. The molecular weight excluding hydrogens is 117 g/mol. The van der Waals surface area contributed by atoms with Crippen molar-refractivity contribution in [2.75, 3.05) is 0 Å². The van der Waals surface area contributed by atoms with Crippen molar-refractivity contribution in [1.29, 1.82) is 0 Å². The van der Waals surface area contributed by atoms with Crippen LogP contribution in [-0.2, 0) is 0 Å². The molecule has 0 amide bonds. The van der Waals surface area contributed by atoms with Crippen LogP contribution >= 0.6 is 0 Å². The molecule has 2 radical (unpaired) electrons. The molecule has 0 aliphatic carbocycles. The predicted octanol–water partition coefficient (Wildman–Crippen LogP) is -4.95. The molecule has 0 heterocycles. The first-order chi connectivity index (χ1) is 6.41. The molecule has 0 unspecified atom stereocenters. The molecule has 0 atom stereocenters. The third-order valence-corrected chi connectivity index (χ3v) is 2.50. The van der Waals surface area contributed by atoms with E-state index in [1.54, 1.807) is 0 Å². The Kier molecular flexibility index (Phi) is 16.6. The summed E-state index contributed by atoms with van der Waals surface area (Å²) in [7, 11) is 22.5. The molecule has 0 aromatic carbocycles. The number of hydrogen-bond acceptors (Lipinski definition) is 0. The van der Waals surface area contributed by atoms with E-state index in [1.807, 2.05) is 0 Å². The molecule has 0 aromatic rings. The molecule has 26 valence electrons. The second-order valence-electron chi connectivity index (χ2n) is 3.89. The van der Waals surface area contributed by atoms with E-state index in [0.29, 0.717) is 0 Å². The molecule has 0 fully saturated rings. The normalized spacial score (nSPS) is 3.54. The Morgan fingerprint density at radius 3 is 0.846 bits per heavy atom. The summed E-state index contributed by atoms with van der Waals surface area (Å²) in [5, 5.41) is 0. The van der Waals surface area contributed by atoms with E-state index in [0.717, 1.165) is 16.2 Å². The summed E-state index contributed by atoms with van der Waals surface area (Å²) in [6.45, 7) is 0. The van der Waals surface area contributed by atoms with Crippen LogP contribution in [0.15, 0.2) is 0 Å². The molecule has 0 aliphatic rings. The maximum atomic E-state index is 3.85. The van der Waals surface area contributed by atoms with E-state index in [9.17, 15) is 0 Å². The van der Waals surface area contributed by atoms with Crippen molar-refractivity contribution in [2.45, 2.75) is 0 Å². The quantitative estimate of drug-likeness (QED) is 0.199. The average Bonchev–Trinajstić information content (AvgIpc) is 2.16. The topological polar surface area (TPSA) is 0 Å². The third-order valence-electron chi connectivity index (χ3n) is 2.50. The SMILES string of the molecule is [Be][Be][Be][Be][Be][Be][Be][Be][Be][Be][Be][Be][Be]. The van der Waals surface area contributed by atoms with E-state index in [4.69, 9.17) is 0 Å². The van der Waals surface area contributed by atoms with E-state index in [-0.39, 0.29) is 0 Å². The second kappa shape index (κ2) is 14.2. The van der Waals surface area contributed by atoms with Gasteiger partial charge in [0, 0.05) is 0 Å². The summed E-state index contributed by atoms with van der Waals surface area (Å²) in [5.74, 6) is 0. The van der Waals surface area contributed by atoms with E-state index in [1.165, 1.54) is 72.8 Å². The Hall–Kier alpha value is 2.19. The van der Waals surface area contributed by atoms with Crippen LogP contribution in [0.2, 0.25) is 0 Å². The van der Waals surface area contributed by atoms with Crippen molar-refractivity contribution in [3.63, 3.8) is 0 Å². The fourth-order valence-electron chi connectivity index (χ4n) is 1.59. The monoisotopic (exact) mass is 117 g/mol. The second-order valence-corrected chi connectivity index (χ2v) is 3.89. The summed E-state index contributed by atoms with van der Waals surface area (Å²) < 4.78 is 0. The molecular formula is Be13. The van der Waals surface area contributed by atoms with Crippen LogP contribution in [0.25, 0.3) is 0 Å². The van der Waals surface area contributed by atoms with Gasteiger partial charge in [-0.25, -0.2) is 0 Å². The zero-order valence-electron chi connectivity index (χ0n) is 9.19. The summed E-state index contributed by atoms with van der Waals surface area (Å²) in [4.78, 5) is 0. The van der Waals surface area contributed by atoms with Crippen molar-refractivity contribution in [3.05, 3.63) is 0 Å². The number of hydrogen-bond donors (Lipinski definition) is 0. The van der Waals surface area contributed by atoms with Gasteiger partial charge >= 0.3 is 107 Å². The van der Waals surface area contributed by atoms with Crippen molar-refractivity contribution in [1.82, 2.24) is 0 Å². The van der Waals surface area contributed by atoms with Gasteiger partial charge in [-0.2, -0.15) is 0 Å². The van der Waals surface area contributed by atoms with Crippen molar-refractivity contribution >= 4 is 107 Å². The summed E-state index contributed by atoms with van der Waals surface area (Å²) >= 11 is 0. The molecule has 0 saturated carbocycles. The molecule has 0 aliphatic heterocycles. The van der Waals surface area contributed by atoms with Gasteiger partial charge < -0.3 is 0 Å². The summed E-state index contributed by atoms with van der Waals surface area (Å²) in [6, 6.07) is 0. The molecule has 0 bridgehead atoms. The van der Waals surface area contributed by atoms with Crippen LogP contribution in [-0.4, -0.2) is 107 Å². The van der Waals surface area contributed by atoms with Crippen LogP contribution in [0.5, 0.6) is 0 Å². The van der Waals surface area contributed by atoms with Gasteiger partial charge in [-0.05, 0) is 0 Å². The first-order valence-electron chi connectivity index (χ1n) is 6.00. The van der Waals surface area contributed by atoms with Crippen LogP contribution in [0.1, 0.15) is 0 Å². The van der Waals surface area contributed by atoms with Crippen LogP contribution in [0.4, 0.5) is 0 Å². The van der Waals surface area contributed by atoms with Gasteiger partial charge in [-0.1, -0.05) is 0 Å². The molecule has 13 heavy (non-hydrogen) atoms. The molecule has 0 N–H and O–H groups in total. The third kappa shape index (κ3) is 14.2. The predicted molar refractivity (Wildman–Crippen MR) is 74.8 cm³/mol. The summed E-state index contributed by atoms with van der Waals surface area (Å²) in [6.07, 6.45) is 0. The van der Waals surface area contributed by atoms with E-state index in [2.05, 4.69) is 18.2 Å². The molecule has 13 heteroatoms. The van der Waals surface area contributed by atoms with E-state index < -0.39 is 0 Å². The van der Waals surface area contributed by atoms with Crippen molar-refractivity contribution in [2.24, 2.45) is 0 Å². The zero-order chi connectivity index (χ0) is 9.78. The Morgan fingerprint density at radius 1 is 0.385 bits per heavy atom. The minimum atomic E-state index is 1.11. The Bertz CT molecular complexity index is 66.1.